The first-order valence-corrected chi connectivity index (χ1v) is 7.07. The summed E-state index contributed by atoms with van der Waals surface area (Å²) >= 11 is 1.62. The van der Waals surface area contributed by atoms with Crippen LogP contribution in [0.15, 0.2) is 11.6 Å². The van der Waals surface area contributed by atoms with Crippen LogP contribution in [0.3, 0.4) is 0 Å². The fourth-order valence-corrected chi connectivity index (χ4v) is 3.02. The molecule has 0 bridgehead atoms. The Labute approximate surface area is 106 Å². The first kappa shape index (κ1) is 12.5. The van der Waals surface area contributed by atoms with E-state index in [0.29, 0.717) is 6.42 Å². The van der Waals surface area contributed by atoms with Gasteiger partial charge in [0.15, 0.2) is 0 Å². The smallest absolute Gasteiger partial charge is 0.240 e. The minimum absolute atomic E-state index is 0.0763. The minimum Gasteiger partial charge on any atom is -0.332 e. The molecule has 1 amide bonds. The van der Waals surface area contributed by atoms with Crippen molar-refractivity contribution in [3.05, 3.63) is 16.6 Å². The van der Waals surface area contributed by atoms with Crippen LogP contribution in [0.2, 0.25) is 0 Å². The Morgan fingerprint density at radius 1 is 1.71 bits per heavy atom. The molecular weight excluding hydrogens is 234 g/mol. The van der Waals surface area contributed by atoms with Crippen LogP contribution in [0.25, 0.3) is 0 Å². The zero-order valence-electron chi connectivity index (χ0n) is 10.1. The van der Waals surface area contributed by atoms with Gasteiger partial charge in [-0.25, -0.2) is 4.98 Å². The van der Waals surface area contributed by atoms with E-state index in [4.69, 9.17) is 5.73 Å². The number of likely N-dealkylation sites (tertiary alicyclic amines) is 1. The predicted octanol–water partition coefficient (Wildman–Crippen LogP) is 1.93. The van der Waals surface area contributed by atoms with Gasteiger partial charge in [0, 0.05) is 18.1 Å². The normalized spacial score (nSPS) is 22.5. The number of hydrogen-bond donors (Lipinski definition) is 1. The maximum Gasteiger partial charge on any atom is 0.240 e. The summed E-state index contributed by atoms with van der Waals surface area (Å²) in [6.07, 6.45) is 5.74. The Morgan fingerprint density at radius 3 is 3.18 bits per heavy atom. The zero-order valence-corrected chi connectivity index (χ0v) is 10.9. The Hall–Kier alpha value is -0.940. The van der Waals surface area contributed by atoms with Crippen molar-refractivity contribution in [3.63, 3.8) is 0 Å². The van der Waals surface area contributed by atoms with Crippen molar-refractivity contribution >= 4 is 17.2 Å². The number of nitrogens with two attached hydrogens (primary N) is 1. The number of hydrogen-bond acceptors (Lipinski definition) is 4. The van der Waals surface area contributed by atoms with Crippen LogP contribution < -0.4 is 5.73 Å². The molecule has 0 spiro atoms. The Morgan fingerprint density at radius 2 is 2.53 bits per heavy atom. The van der Waals surface area contributed by atoms with Crippen LogP contribution in [-0.2, 0) is 4.79 Å². The molecule has 1 aromatic rings. The molecule has 0 radical (unpaired) electrons. The number of amides is 1. The summed E-state index contributed by atoms with van der Waals surface area (Å²) < 4.78 is 0. The molecule has 1 saturated heterocycles. The SMILES string of the molecule is CC[C@H](N)C(=O)N1CCCCC1c1nccs1. The molecule has 0 aromatic carbocycles. The highest BCUT2D eigenvalue weighted by Crippen LogP contribution is 2.32. The van der Waals surface area contributed by atoms with Crippen LogP contribution in [-0.4, -0.2) is 28.4 Å². The highest BCUT2D eigenvalue weighted by molar-refractivity contribution is 7.09. The monoisotopic (exact) mass is 253 g/mol. The maximum atomic E-state index is 12.2. The van der Waals surface area contributed by atoms with Crippen LogP contribution in [0.5, 0.6) is 0 Å². The molecule has 4 nitrogen and oxygen atoms in total. The van der Waals surface area contributed by atoms with Gasteiger partial charge in [-0.2, -0.15) is 0 Å². The van der Waals surface area contributed by atoms with Crippen molar-refractivity contribution < 1.29 is 4.79 Å². The summed E-state index contributed by atoms with van der Waals surface area (Å²) in [6.45, 7) is 2.77. The zero-order chi connectivity index (χ0) is 12.3. The summed E-state index contributed by atoms with van der Waals surface area (Å²) in [5, 5.41) is 3.01. The molecule has 0 saturated carbocycles. The highest BCUT2D eigenvalue weighted by atomic mass is 32.1. The lowest BCUT2D eigenvalue weighted by molar-refractivity contribution is -0.136. The van der Waals surface area contributed by atoms with Gasteiger partial charge in [0.1, 0.15) is 5.01 Å². The first-order chi connectivity index (χ1) is 8.24. The van der Waals surface area contributed by atoms with E-state index in [1.807, 2.05) is 17.2 Å². The number of piperidine rings is 1. The number of carbonyl (C=O) groups excluding carboxylic acids is 1. The van der Waals surface area contributed by atoms with E-state index < -0.39 is 0 Å². The Kier molecular flexibility index (Phi) is 4.12. The van der Waals surface area contributed by atoms with E-state index in [2.05, 4.69) is 4.98 Å². The van der Waals surface area contributed by atoms with Gasteiger partial charge in [0.2, 0.25) is 5.91 Å². The molecule has 94 valence electrons. The maximum absolute atomic E-state index is 12.2. The topological polar surface area (TPSA) is 59.2 Å². The van der Waals surface area contributed by atoms with Crippen LogP contribution >= 0.6 is 11.3 Å². The summed E-state index contributed by atoms with van der Waals surface area (Å²) in [5.74, 6) is 0.0763. The van der Waals surface area contributed by atoms with Gasteiger partial charge in [0.05, 0.1) is 12.1 Å². The molecule has 2 heterocycles. The summed E-state index contributed by atoms with van der Waals surface area (Å²) in [7, 11) is 0. The van der Waals surface area contributed by atoms with Crippen LogP contribution in [0.1, 0.15) is 43.7 Å². The minimum atomic E-state index is -0.365. The average Bonchev–Trinajstić information content (AvgIpc) is 2.90. The number of thiazole rings is 1. The predicted molar refractivity (Wildman–Crippen MR) is 68.7 cm³/mol. The fourth-order valence-electron chi connectivity index (χ4n) is 2.24. The second-order valence-corrected chi connectivity index (χ2v) is 5.35. The van der Waals surface area contributed by atoms with Gasteiger partial charge in [-0.05, 0) is 25.7 Å². The van der Waals surface area contributed by atoms with Crippen molar-refractivity contribution in [2.45, 2.75) is 44.7 Å². The third-order valence-electron chi connectivity index (χ3n) is 3.28. The van der Waals surface area contributed by atoms with E-state index in [1.54, 1.807) is 17.5 Å². The van der Waals surface area contributed by atoms with E-state index in [-0.39, 0.29) is 18.0 Å². The molecule has 1 aliphatic heterocycles. The van der Waals surface area contributed by atoms with Crippen molar-refractivity contribution in [1.29, 1.82) is 0 Å². The van der Waals surface area contributed by atoms with Crippen molar-refractivity contribution in [1.82, 2.24) is 9.88 Å². The lowest BCUT2D eigenvalue weighted by Gasteiger charge is -2.36. The van der Waals surface area contributed by atoms with Crippen molar-refractivity contribution in [2.75, 3.05) is 6.54 Å². The molecule has 17 heavy (non-hydrogen) atoms. The van der Waals surface area contributed by atoms with E-state index in [0.717, 1.165) is 30.8 Å². The van der Waals surface area contributed by atoms with Gasteiger partial charge in [0.25, 0.3) is 0 Å². The number of aromatic nitrogens is 1. The number of rotatable bonds is 3. The lowest BCUT2D eigenvalue weighted by Crippen LogP contribution is -2.47. The van der Waals surface area contributed by atoms with Gasteiger partial charge in [-0.1, -0.05) is 6.92 Å². The number of nitrogens with zero attached hydrogens (tertiary/aromatic N) is 2. The summed E-state index contributed by atoms with van der Waals surface area (Å²) in [6, 6.07) is -0.218. The first-order valence-electron chi connectivity index (χ1n) is 6.19. The van der Waals surface area contributed by atoms with E-state index in [9.17, 15) is 4.79 Å². The van der Waals surface area contributed by atoms with Crippen molar-refractivity contribution in [3.8, 4) is 0 Å². The molecule has 2 N–H and O–H groups in total. The standard InChI is InChI=1S/C12H19N3OS/c1-2-9(13)12(16)15-7-4-3-5-10(15)11-14-6-8-17-11/h6,8-10H,2-5,7,13H2,1H3/t9-,10?/m0/s1. The van der Waals surface area contributed by atoms with E-state index >= 15 is 0 Å². The second kappa shape index (κ2) is 5.60. The fraction of sp³-hybridized carbons (Fsp3) is 0.667. The largest absolute Gasteiger partial charge is 0.332 e. The highest BCUT2D eigenvalue weighted by Gasteiger charge is 2.31. The molecule has 0 aliphatic carbocycles. The molecule has 1 aliphatic rings. The average molecular weight is 253 g/mol. The summed E-state index contributed by atoms with van der Waals surface area (Å²) in [5.41, 5.74) is 5.85. The number of carbonyl (C=O) groups is 1. The van der Waals surface area contributed by atoms with Crippen molar-refractivity contribution in [2.24, 2.45) is 5.73 Å². The van der Waals surface area contributed by atoms with Gasteiger partial charge in [-0.15, -0.1) is 11.3 Å². The van der Waals surface area contributed by atoms with Gasteiger partial charge >= 0.3 is 0 Å². The lowest BCUT2D eigenvalue weighted by atomic mass is 10.0. The Balaban J connectivity index is 2.15. The molecule has 1 fully saturated rings. The van der Waals surface area contributed by atoms with Gasteiger partial charge < -0.3 is 10.6 Å². The van der Waals surface area contributed by atoms with E-state index in [1.165, 1.54) is 0 Å². The quantitative estimate of drug-likeness (QED) is 0.895. The van der Waals surface area contributed by atoms with Crippen LogP contribution in [0.4, 0.5) is 0 Å². The second-order valence-electron chi connectivity index (χ2n) is 4.43. The third kappa shape index (κ3) is 2.66. The third-order valence-corrected chi connectivity index (χ3v) is 4.16. The Bertz CT molecular complexity index is 366. The molecule has 1 unspecified atom stereocenters. The van der Waals surface area contributed by atoms with Gasteiger partial charge in [-0.3, -0.25) is 4.79 Å². The molecular formula is C12H19N3OS. The molecule has 2 rings (SSSR count). The summed E-state index contributed by atoms with van der Waals surface area (Å²) in [4.78, 5) is 18.5. The molecule has 2 atom stereocenters. The molecule has 5 heteroatoms. The molecule has 1 aromatic heterocycles. The van der Waals surface area contributed by atoms with Crippen LogP contribution in [0, 0.1) is 0 Å².